The number of nitrogens with one attached hydrogen (secondary N) is 2. The van der Waals surface area contributed by atoms with Crippen LogP contribution in [-0.4, -0.2) is 38.1 Å². The third-order valence-electron chi connectivity index (χ3n) is 4.70. The SMILES string of the molecule is Cc1cc(=O)[nH]c(-n2nc(C)cc2NC(=O)C2CC(=O)N(c3ccccc3)C2)n1. The molecule has 3 heterocycles. The fraction of sp³-hybridized carbons (Fsp3) is 0.250. The van der Waals surface area contributed by atoms with E-state index in [1.165, 1.54) is 10.7 Å². The molecule has 2 aromatic heterocycles. The number of aromatic nitrogens is 4. The van der Waals surface area contributed by atoms with Crippen molar-refractivity contribution < 1.29 is 9.59 Å². The maximum Gasteiger partial charge on any atom is 0.252 e. The highest BCUT2D eigenvalue weighted by molar-refractivity contribution is 6.03. The van der Waals surface area contributed by atoms with E-state index in [9.17, 15) is 14.4 Å². The second kappa shape index (κ2) is 7.34. The molecule has 9 nitrogen and oxygen atoms in total. The number of para-hydroxylation sites is 1. The van der Waals surface area contributed by atoms with Gasteiger partial charge in [-0.05, 0) is 26.0 Å². The molecule has 29 heavy (non-hydrogen) atoms. The molecule has 2 N–H and O–H groups in total. The smallest absolute Gasteiger partial charge is 0.252 e. The molecule has 1 aliphatic heterocycles. The molecule has 0 radical (unpaired) electrons. The lowest BCUT2D eigenvalue weighted by molar-refractivity contribution is -0.122. The molecule has 0 aliphatic carbocycles. The molecule has 148 valence electrons. The summed E-state index contributed by atoms with van der Waals surface area (Å²) in [4.78, 5) is 45.5. The van der Waals surface area contributed by atoms with Crippen molar-refractivity contribution in [2.75, 3.05) is 16.8 Å². The lowest BCUT2D eigenvalue weighted by Crippen LogP contribution is -2.28. The molecule has 1 fully saturated rings. The molecule has 9 heteroatoms. The quantitative estimate of drug-likeness (QED) is 0.700. The maximum atomic E-state index is 12.8. The molecule has 0 spiro atoms. The molecule has 1 atom stereocenters. The minimum absolute atomic E-state index is 0.0919. The molecular formula is C20H20N6O3. The number of carbonyl (C=O) groups excluding carboxylic acids is 2. The standard InChI is InChI=1S/C20H20N6O3/c1-12-9-17(27)23-20(21-12)26-16(8-13(2)24-26)22-19(29)14-10-18(28)25(11-14)15-6-4-3-5-7-15/h3-9,14H,10-11H2,1-2H3,(H,22,29)(H,21,23,27). The fourth-order valence-corrected chi connectivity index (χ4v) is 3.38. The third-order valence-corrected chi connectivity index (χ3v) is 4.70. The van der Waals surface area contributed by atoms with Gasteiger partial charge in [0.1, 0.15) is 5.82 Å². The van der Waals surface area contributed by atoms with Crippen molar-refractivity contribution in [1.82, 2.24) is 19.7 Å². The summed E-state index contributed by atoms with van der Waals surface area (Å²) in [6.07, 6.45) is 0.132. The summed E-state index contributed by atoms with van der Waals surface area (Å²) in [6.45, 7) is 3.78. The number of aryl methyl sites for hydroxylation is 2. The number of aromatic amines is 1. The summed E-state index contributed by atoms with van der Waals surface area (Å²) >= 11 is 0. The third kappa shape index (κ3) is 3.79. The van der Waals surface area contributed by atoms with Gasteiger partial charge < -0.3 is 10.2 Å². The number of benzene rings is 1. The first-order valence-electron chi connectivity index (χ1n) is 9.22. The highest BCUT2D eigenvalue weighted by Crippen LogP contribution is 2.26. The highest BCUT2D eigenvalue weighted by atomic mass is 16.2. The first-order valence-corrected chi connectivity index (χ1v) is 9.22. The van der Waals surface area contributed by atoms with Gasteiger partial charge >= 0.3 is 0 Å². The van der Waals surface area contributed by atoms with Gasteiger partial charge in [-0.1, -0.05) is 18.2 Å². The number of H-pyrrole nitrogens is 1. The monoisotopic (exact) mass is 392 g/mol. The first kappa shape index (κ1) is 18.6. The van der Waals surface area contributed by atoms with E-state index in [4.69, 9.17) is 0 Å². The summed E-state index contributed by atoms with van der Waals surface area (Å²) in [5, 5.41) is 7.14. The van der Waals surface area contributed by atoms with E-state index in [0.717, 1.165) is 5.69 Å². The Morgan fingerprint density at radius 1 is 1.14 bits per heavy atom. The average molecular weight is 392 g/mol. The minimum atomic E-state index is -0.490. The van der Waals surface area contributed by atoms with Gasteiger partial charge in [0.2, 0.25) is 17.8 Å². The average Bonchev–Trinajstić information content (AvgIpc) is 3.24. The van der Waals surface area contributed by atoms with E-state index < -0.39 is 5.92 Å². The van der Waals surface area contributed by atoms with Gasteiger partial charge in [0.05, 0.1) is 11.6 Å². The number of nitrogens with zero attached hydrogens (tertiary/aromatic N) is 4. The summed E-state index contributed by atoms with van der Waals surface area (Å²) in [7, 11) is 0. The van der Waals surface area contributed by atoms with Gasteiger partial charge in [-0.25, -0.2) is 4.98 Å². The van der Waals surface area contributed by atoms with Crippen LogP contribution in [-0.2, 0) is 9.59 Å². The van der Waals surface area contributed by atoms with E-state index >= 15 is 0 Å². The molecule has 1 aromatic carbocycles. The molecule has 2 amide bonds. The zero-order valence-electron chi connectivity index (χ0n) is 16.0. The summed E-state index contributed by atoms with van der Waals surface area (Å²) in [6, 6.07) is 12.3. The fourth-order valence-electron chi connectivity index (χ4n) is 3.38. The Morgan fingerprint density at radius 2 is 1.90 bits per heavy atom. The van der Waals surface area contributed by atoms with E-state index in [1.807, 2.05) is 30.3 Å². The number of hydrogen-bond acceptors (Lipinski definition) is 5. The van der Waals surface area contributed by atoms with Gasteiger partial charge in [-0.15, -0.1) is 0 Å². The van der Waals surface area contributed by atoms with Crippen molar-refractivity contribution in [2.45, 2.75) is 20.3 Å². The van der Waals surface area contributed by atoms with Gasteiger partial charge in [0, 0.05) is 36.5 Å². The van der Waals surface area contributed by atoms with Crippen molar-refractivity contribution in [3.8, 4) is 5.95 Å². The number of hydrogen-bond donors (Lipinski definition) is 2. The number of amides is 2. The topological polar surface area (TPSA) is 113 Å². The van der Waals surface area contributed by atoms with Crippen LogP contribution in [0.1, 0.15) is 17.8 Å². The van der Waals surface area contributed by atoms with Gasteiger partial charge in [-0.2, -0.15) is 9.78 Å². The van der Waals surface area contributed by atoms with Gasteiger partial charge in [0.15, 0.2) is 0 Å². The second-order valence-electron chi connectivity index (χ2n) is 7.02. The maximum absolute atomic E-state index is 12.8. The summed E-state index contributed by atoms with van der Waals surface area (Å²) in [5.41, 5.74) is 1.65. The Kier molecular flexibility index (Phi) is 4.71. The Balaban J connectivity index is 1.55. The minimum Gasteiger partial charge on any atom is -0.312 e. The zero-order valence-corrected chi connectivity index (χ0v) is 16.0. The predicted molar refractivity (Wildman–Crippen MR) is 107 cm³/mol. The largest absolute Gasteiger partial charge is 0.312 e. The Hall–Kier alpha value is -3.75. The van der Waals surface area contributed by atoms with Crippen LogP contribution in [0.2, 0.25) is 0 Å². The molecule has 1 aliphatic rings. The molecule has 1 saturated heterocycles. The van der Waals surface area contributed by atoms with Crippen molar-refractivity contribution >= 4 is 23.3 Å². The van der Waals surface area contributed by atoms with Crippen LogP contribution in [0.5, 0.6) is 0 Å². The Labute approximate surface area is 166 Å². The lowest BCUT2D eigenvalue weighted by Gasteiger charge is -2.16. The van der Waals surface area contributed by atoms with Crippen molar-refractivity contribution in [3.05, 3.63) is 64.2 Å². The Bertz CT molecular complexity index is 1130. The molecule has 1 unspecified atom stereocenters. The Morgan fingerprint density at radius 3 is 2.62 bits per heavy atom. The van der Waals surface area contributed by atoms with Crippen molar-refractivity contribution in [1.29, 1.82) is 0 Å². The second-order valence-corrected chi connectivity index (χ2v) is 7.02. The van der Waals surface area contributed by atoms with Gasteiger partial charge in [-0.3, -0.25) is 19.4 Å². The normalized spacial score (nSPS) is 16.3. The van der Waals surface area contributed by atoms with Crippen LogP contribution in [0, 0.1) is 19.8 Å². The van der Waals surface area contributed by atoms with Crippen LogP contribution in [0.15, 0.2) is 47.3 Å². The number of rotatable bonds is 4. The highest BCUT2D eigenvalue weighted by Gasteiger charge is 2.35. The molecule has 0 bridgehead atoms. The van der Waals surface area contributed by atoms with E-state index in [-0.39, 0.29) is 29.7 Å². The van der Waals surface area contributed by atoms with Gasteiger partial charge in [0.25, 0.3) is 5.56 Å². The molecule has 0 saturated carbocycles. The molecular weight excluding hydrogens is 372 g/mol. The van der Waals surface area contributed by atoms with Crippen LogP contribution in [0.3, 0.4) is 0 Å². The van der Waals surface area contributed by atoms with Crippen LogP contribution in [0.4, 0.5) is 11.5 Å². The van der Waals surface area contributed by atoms with E-state index in [2.05, 4.69) is 20.4 Å². The van der Waals surface area contributed by atoms with E-state index in [0.29, 0.717) is 23.8 Å². The summed E-state index contributed by atoms with van der Waals surface area (Å²) < 4.78 is 1.38. The number of anilines is 2. The predicted octanol–water partition coefficient (Wildman–Crippen LogP) is 1.56. The van der Waals surface area contributed by atoms with Crippen LogP contribution in [0.25, 0.3) is 5.95 Å². The molecule has 4 rings (SSSR count). The zero-order chi connectivity index (χ0) is 20.5. The lowest BCUT2D eigenvalue weighted by atomic mass is 10.1. The van der Waals surface area contributed by atoms with Crippen molar-refractivity contribution in [2.24, 2.45) is 5.92 Å². The van der Waals surface area contributed by atoms with Crippen molar-refractivity contribution in [3.63, 3.8) is 0 Å². The van der Waals surface area contributed by atoms with Crippen LogP contribution < -0.4 is 15.8 Å². The molecule has 3 aromatic rings. The first-order chi connectivity index (χ1) is 13.9. The van der Waals surface area contributed by atoms with Crippen LogP contribution >= 0.6 is 0 Å². The number of carbonyl (C=O) groups is 2. The van der Waals surface area contributed by atoms with E-state index in [1.54, 1.807) is 24.8 Å². The summed E-state index contributed by atoms with van der Waals surface area (Å²) in [5.74, 6) is -0.270.